The molecule has 148 valence electrons. The molecule has 1 aliphatic rings. The smallest absolute Gasteiger partial charge is 0.146 e. The molecule has 0 N–H and O–H groups in total. The molecule has 1 saturated carbocycles. The van der Waals surface area contributed by atoms with E-state index in [0.717, 1.165) is 38.5 Å². The van der Waals surface area contributed by atoms with Gasteiger partial charge in [-0.15, -0.1) is 0 Å². The zero-order chi connectivity index (χ0) is 18.2. The van der Waals surface area contributed by atoms with Crippen molar-refractivity contribution in [1.82, 2.24) is 0 Å². The molecule has 0 amide bonds. The van der Waals surface area contributed by atoms with Gasteiger partial charge in [0.15, 0.2) is 0 Å². The molecule has 0 heterocycles. The van der Waals surface area contributed by atoms with Crippen molar-refractivity contribution in [2.24, 2.45) is 5.92 Å². The molecule has 1 fully saturated rings. The lowest BCUT2D eigenvalue weighted by Gasteiger charge is -2.19. The first kappa shape index (κ1) is 22.3. The van der Waals surface area contributed by atoms with Gasteiger partial charge in [0, 0.05) is 5.92 Å². The molecule has 0 saturated heterocycles. The number of unbranched alkanes of at least 4 members (excludes halogenated alkanes) is 1. The maximum atomic E-state index is 5.51. The van der Waals surface area contributed by atoms with Crippen LogP contribution in [0.4, 0.5) is 0 Å². The van der Waals surface area contributed by atoms with Crippen LogP contribution in [0.2, 0.25) is 0 Å². The predicted molar refractivity (Wildman–Crippen MR) is 88.2 cm³/mol. The second-order valence-electron chi connectivity index (χ2n) is 6.00. The molecule has 8 heteroatoms. The minimum Gasteiger partial charge on any atom is -0.378 e. The Kier molecular flexibility index (Phi) is 13.8. The summed E-state index contributed by atoms with van der Waals surface area (Å²) in [6.07, 6.45) is 9.53. The van der Waals surface area contributed by atoms with Crippen molar-refractivity contribution in [2.75, 3.05) is 26.9 Å². The maximum Gasteiger partial charge on any atom is 0.146 e. The highest BCUT2D eigenvalue weighted by Gasteiger charge is 2.15. The van der Waals surface area contributed by atoms with Gasteiger partial charge in [-0.2, -0.15) is 4.89 Å². The van der Waals surface area contributed by atoms with Crippen LogP contribution in [-0.4, -0.2) is 33.0 Å². The molecule has 25 heavy (non-hydrogen) atoms. The van der Waals surface area contributed by atoms with Crippen LogP contribution in [0.1, 0.15) is 58.8 Å². The number of hydrogen-bond acceptors (Lipinski definition) is 8. The van der Waals surface area contributed by atoms with Crippen LogP contribution in [0.25, 0.3) is 0 Å². The van der Waals surface area contributed by atoms with Crippen LogP contribution in [-0.2, 0) is 39.4 Å². The normalized spacial score (nSPS) is 17.6. The molecule has 8 nitrogen and oxygen atoms in total. The van der Waals surface area contributed by atoms with Crippen LogP contribution in [0.3, 0.4) is 0 Å². The quantitative estimate of drug-likeness (QED) is 0.187. The molecule has 0 aliphatic heterocycles. The van der Waals surface area contributed by atoms with Crippen LogP contribution < -0.4 is 0 Å². The Labute approximate surface area is 149 Å². The third-order valence-corrected chi connectivity index (χ3v) is 3.80. The first-order valence-electron chi connectivity index (χ1n) is 9.04. The van der Waals surface area contributed by atoms with Crippen LogP contribution in [0, 0.1) is 5.92 Å². The Bertz CT molecular complexity index is 331. The fraction of sp³-hybridized carbons (Fsp3) is 0.882. The molecule has 0 aromatic heterocycles. The number of hydrogen-bond donors (Lipinski definition) is 0. The van der Waals surface area contributed by atoms with Crippen LogP contribution in [0.15, 0.2) is 11.8 Å². The fourth-order valence-electron chi connectivity index (χ4n) is 2.40. The molecule has 0 spiro atoms. The minimum absolute atomic E-state index is 0.0218. The zero-order valence-electron chi connectivity index (χ0n) is 15.6. The van der Waals surface area contributed by atoms with Crippen molar-refractivity contribution in [2.45, 2.75) is 64.9 Å². The zero-order valence-corrected chi connectivity index (χ0v) is 15.6. The van der Waals surface area contributed by atoms with E-state index in [1.807, 2.05) is 13.0 Å². The molecule has 1 aliphatic carbocycles. The lowest BCUT2D eigenvalue weighted by molar-refractivity contribution is -0.642. The highest BCUT2D eigenvalue weighted by molar-refractivity contribution is 4.96. The van der Waals surface area contributed by atoms with Gasteiger partial charge in [-0.3, -0.25) is 0 Å². The first-order chi connectivity index (χ1) is 12.3. The van der Waals surface area contributed by atoms with Crippen molar-refractivity contribution in [1.29, 1.82) is 0 Å². The summed E-state index contributed by atoms with van der Waals surface area (Å²) in [5.41, 5.74) is 0. The van der Waals surface area contributed by atoms with Crippen molar-refractivity contribution < 1.29 is 39.4 Å². The molecule has 1 rings (SSSR count). The molecule has 0 aromatic carbocycles. The molecule has 1 atom stereocenters. The number of rotatable bonds is 15. The summed E-state index contributed by atoms with van der Waals surface area (Å²) in [5, 5.41) is 13.6. The van der Waals surface area contributed by atoms with Gasteiger partial charge in [0.1, 0.15) is 12.4 Å². The third-order valence-electron chi connectivity index (χ3n) is 3.80. The fourth-order valence-corrected chi connectivity index (χ4v) is 2.40. The SMILES string of the molecule is CCCC=C(OOOC)C(C)COCCOOOOC1CCCCC1. The van der Waals surface area contributed by atoms with Crippen LogP contribution in [0.5, 0.6) is 0 Å². The van der Waals surface area contributed by atoms with E-state index < -0.39 is 0 Å². The van der Waals surface area contributed by atoms with Gasteiger partial charge >= 0.3 is 0 Å². The molecule has 0 aromatic rings. The van der Waals surface area contributed by atoms with Gasteiger partial charge in [-0.1, -0.05) is 39.5 Å². The third kappa shape index (κ3) is 11.5. The van der Waals surface area contributed by atoms with E-state index in [1.54, 1.807) is 0 Å². The van der Waals surface area contributed by atoms with Gasteiger partial charge in [-0.05, 0) is 40.5 Å². The molecular weight excluding hydrogens is 332 g/mol. The average molecular weight is 364 g/mol. The van der Waals surface area contributed by atoms with E-state index in [-0.39, 0.29) is 18.6 Å². The van der Waals surface area contributed by atoms with E-state index in [0.29, 0.717) is 19.0 Å². The van der Waals surface area contributed by atoms with Gasteiger partial charge in [-0.25, -0.2) is 9.78 Å². The maximum absolute atomic E-state index is 5.51. The lowest BCUT2D eigenvalue weighted by atomic mass is 9.98. The van der Waals surface area contributed by atoms with Crippen LogP contribution >= 0.6 is 0 Å². The van der Waals surface area contributed by atoms with Gasteiger partial charge in [0.25, 0.3) is 0 Å². The second kappa shape index (κ2) is 15.5. The Morgan fingerprint density at radius 3 is 2.60 bits per heavy atom. The summed E-state index contributed by atoms with van der Waals surface area (Å²) in [7, 11) is 1.38. The monoisotopic (exact) mass is 364 g/mol. The highest BCUT2D eigenvalue weighted by Crippen LogP contribution is 2.20. The number of ether oxygens (including phenoxy) is 1. The molecular formula is C17H32O8. The van der Waals surface area contributed by atoms with E-state index in [9.17, 15) is 0 Å². The second-order valence-corrected chi connectivity index (χ2v) is 6.00. The van der Waals surface area contributed by atoms with Gasteiger partial charge < -0.3 is 9.62 Å². The highest BCUT2D eigenvalue weighted by atomic mass is 17.7. The van der Waals surface area contributed by atoms with Gasteiger partial charge in [0.2, 0.25) is 0 Å². The van der Waals surface area contributed by atoms with Crippen molar-refractivity contribution in [3.63, 3.8) is 0 Å². The Hall–Kier alpha value is -0.740. The minimum atomic E-state index is 0.0218. The predicted octanol–water partition coefficient (Wildman–Crippen LogP) is 3.98. The van der Waals surface area contributed by atoms with E-state index in [1.165, 1.54) is 13.5 Å². The summed E-state index contributed by atoms with van der Waals surface area (Å²) in [6, 6.07) is 0. The Morgan fingerprint density at radius 2 is 1.88 bits per heavy atom. The average Bonchev–Trinajstić information content (AvgIpc) is 2.64. The molecule has 0 radical (unpaired) electrons. The van der Waals surface area contributed by atoms with Crippen molar-refractivity contribution in [3.8, 4) is 0 Å². The van der Waals surface area contributed by atoms with Crippen molar-refractivity contribution >= 4 is 0 Å². The topological polar surface area (TPSA) is 73.8 Å². The summed E-state index contributed by atoms with van der Waals surface area (Å²) in [5.74, 6) is 0.693. The Morgan fingerprint density at radius 1 is 1.08 bits per heavy atom. The summed E-state index contributed by atoms with van der Waals surface area (Å²) < 4.78 is 5.51. The Balaban J connectivity index is 2.01. The number of allylic oxidation sites excluding steroid dienone is 1. The molecule has 0 bridgehead atoms. The van der Waals surface area contributed by atoms with E-state index in [2.05, 4.69) is 26.9 Å². The largest absolute Gasteiger partial charge is 0.378 e. The van der Waals surface area contributed by atoms with Gasteiger partial charge in [0.05, 0.1) is 26.4 Å². The first-order valence-corrected chi connectivity index (χ1v) is 9.04. The summed E-state index contributed by atoms with van der Waals surface area (Å²) >= 11 is 0. The lowest BCUT2D eigenvalue weighted by Crippen LogP contribution is -2.18. The van der Waals surface area contributed by atoms with E-state index in [4.69, 9.17) is 19.4 Å². The van der Waals surface area contributed by atoms with E-state index >= 15 is 0 Å². The molecule has 1 unspecified atom stereocenters. The summed E-state index contributed by atoms with van der Waals surface area (Å²) in [6.45, 7) is 5.09. The standard InChI is InChI=1S/C17H32O8/c1-4-5-11-17(22-23-18-3)15(2)14-19-12-13-20-24-25-21-16-9-7-6-8-10-16/h11,15-16H,4-10,12-14H2,1-3H3. The summed E-state index contributed by atoms with van der Waals surface area (Å²) in [4.78, 5) is 19.5. The van der Waals surface area contributed by atoms with Crippen molar-refractivity contribution in [3.05, 3.63) is 11.8 Å².